The van der Waals surface area contributed by atoms with Gasteiger partial charge in [-0.05, 0) is 30.5 Å². The summed E-state index contributed by atoms with van der Waals surface area (Å²) in [5.74, 6) is 3.03. The number of thiazole rings is 1. The number of hydrogen-bond donors (Lipinski definition) is 1. The van der Waals surface area contributed by atoms with Crippen LogP contribution in [0.3, 0.4) is 0 Å². The van der Waals surface area contributed by atoms with Crippen molar-refractivity contribution in [1.82, 2.24) is 15.2 Å². The number of methoxy groups -OCH3 is 2. The van der Waals surface area contributed by atoms with E-state index in [-0.39, 0.29) is 0 Å². The Hall–Kier alpha value is -2.28. The molecule has 1 fully saturated rings. The molecule has 0 aliphatic carbocycles. The normalized spacial score (nSPS) is 17.3. The van der Waals surface area contributed by atoms with E-state index in [2.05, 4.69) is 39.2 Å². The van der Waals surface area contributed by atoms with Gasteiger partial charge in [0.15, 0.2) is 5.96 Å². The Morgan fingerprint density at radius 3 is 2.63 bits per heavy atom. The molecule has 146 valence electrons. The molecular weight excluding hydrogens is 360 g/mol. The van der Waals surface area contributed by atoms with Gasteiger partial charge in [-0.3, -0.25) is 4.99 Å². The molecule has 27 heavy (non-hydrogen) atoms. The minimum absolute atomic E-state index is 0.430. The second-order valence-corrected chi connectivity index (χ2v) is 7.75. The average Bonchev–Trinajstić information content (AvgIpc) is 3.38. The van der Waals surface area contributed by atoms with Crippen molar-refractivity contribution in [3.05, 3.63) is 39.8 Å². The smallest absolute Gasteiger partial charge is 0.194 e. The Morgan fingerprint density at radius 2 is 2.04 bits per heavy atom. The van der Waals surface area contributed by atoms with E-state index in [0.717, 1.165) is 48.4 Å². The minimum atomic E-state index is 0.430. The van der Waals surface area contributed by atoms with Crippen LogP contribution in [0.2, 0.25) is 0 Å². The van der Waals surface area contributed by atoms with Crippen molar-refractivity contribution in [2.45, 2.75) is 32.2 Å². The van der Waals surface area contributed by atoms with Crippen molar-refractivity contribution in [3.63, 3.8) is 0 Å². The van der Waals surface area contributed by atoms with Crippen molar-refractivity contribution in [2.75, 3.05) is 34.4 Å². The number of benzene rings is 1. The molecule has 1 unspecified atom stereocenters. The van der Waals surface area contributed by atoms with Crippen molar-refractivity contribution in [1.29, 1.82) is 0 Å². The largest absolute Gasteiger partial charge is 0.497 e. The maximum atomic E-state index is 5.42. The van der Waals surface area contributed by atoms with Gasteiger partial charge in [0.25, 0.3) is 0 Å². The van der Waals surface area contributed by atoms with Gasteiger partial charge in [0.05, 0.1) is 20.8 Å². The van der Waals surface area contributed by atoms with Gasteiger partial charge in [0, 0.05) is 43.2 Å². The number of likely N-dealkylation sites (tertiary alicyclic amines) is 1. The Morgan fingerprint density at radius 1 is 1.30 bits per heavy atom. The highest BCUT2D eigenvalue weighted by atomic mass is 32.1. The zero-order valence-electron chi connectivity index (χ0n) is 16.5. The summed E-state index contributed by atoms with van der Waals surface area (Å²) in [6.07, 6.45) is 4.07. The van der Waals surface area contributed by atoms with Crippen molar-refractivity contribution >= 4 is 17.3 Å². The van der Waals surface area contributed by atoms with Gasteiger partial charge < -0.3 is 19.7 Å². The van der Waals surface area contributed by atoms with Crippen LogP contribution in [0.15, 0.2) is 29.4 Å². The summed E-state index contributed by atoms with van der Waals surface area (Å²) in [6.45, 7) is 4.77. The Balaban J connectivity index is 1.63. The molecule has 6 nitrogen and oxygen atoms in total. The van der Waals surface area contributed by atoms with Crippen LogP contribution >= 0.6 is 11.3 Å². The molecule has 0 radical (unpaired) electrons. The number of aryl methyl sites for hydroxylation is 1. The quantitative estimate of drug-likeness (QED) is 0.608. The predicted octanol–water partition coefficient (Wildman–Crippen LogP) is 3.29. The molecule has 1 atom stereocenters. The topological polar surface area (TPSA) is 59.0 Å². The zero-order chi connectivity index (χ0) is 19.2. The summed E-state index contributed by atoms with van der Waals surface area (Å²) in [5, 5.41) is 4.56. The summed E-state index contributed by atoms with van der Waals surface area (Å²) in [6, 6.07) is 6.12. The molecule has 0 saturated carbocycles. The third-order valence-electron chi connectivity index (χ3n) is 4.89. The van der Waals surface area contributed by atoms with Crippen LogP contribution in [0.5, 0.6) is 11.5 Å². The highest BCUT2D eigenvalue weighted by Gasteiger charge is 2.27. The van der Waals surface area contributed by atoms with Gasteiger partial charge in [-0.2, -0.15) is 0 Å². The summed E-state index contributed by atoms with van der Waals surface area (Å²) < 4.78 is 10.8. The second kappa shape index (κ2) is 9.08. The average molecular weight is 389 g/mol. The molecule has 7 heteroatoms. The van der Waals surface area contributed by atoms with Crippen molar-refractivity contribution < 1.29 is 9.47 Å². The molecule has 1 saturated heterocycles. The SMILES string of the molecule is CCc1cnc(CNC(=NC)N2CCC(c3cc(OC)cc(OC)c3)C2)s1. The fourth-order valence-electron chi connectivity index (χ4n) is 3.37. The van der Waals surface area contributed by atoms with E-state index in [1.54, 1.807) is 25.6 Å². The molecule has 0 spiro atoms. The first-order valence-electron chi connectivity index (χ1n) is 9.29. The Kier molecular flexibility index (Phi) is 6.55. The summed E-state index contributed by atoms with van der Waals surface area (Å²) in [4.78, 5) is 12.6. The van der Waals surface area contributed by atoms with Gasteiger partial charge in [-0.25, -0.2) is 4.98 Å². The van der Waals surface area contributed by atoms with E-state index in [1.807, 2.05) is 19.3 Å². The maximum Gasteiger partial charge on any atom is 0.194 e. The molecular formula is C20H28N4O2S. The predicted molar refractivity (Wildman–Crippen MR) is 110 cm³/mol. The van der Waals surface area contributed by atoms with Gasteiger partial charge >= 0.3 is 0 Å². The third-order valence-corrected chi connectivity index (χ3v) is 6.03. The van der Waals surface area contributed by atoms with Crippen LogP contribution in [-0.2, 0) is 13.0 Å². The molecule has 0 bridgehead atoms. The van der Waals surface area contributed by atoms with Crippen LogP contribution in [0.1, 0.15) is 34.7 Å². The molecule has 1 aliphatic heterocycles. The van der Waals surface area contributed by atoms with Gasteiger partial charge in [-0.1, -0.05) is 6.92 Å². The van der Waals surface area contributed by atoms with Crippen LogP contribution in [0.25, 0.3) is 0 Å². The maximum absolute atomic E-state index is 5.42. The van der Waals surface area contributed by atoms with Crippen LogP contribution < -0.4 is 14.8 Å². The van der Waals surface area contributed by atoms with E-state index < -0.39 is 0 Å². The highest BCUT2D eigenvalue weighted by Crippen LogP contribution is 2.32. The Labute approximate surface area is 165 Å². The van der Waals surface area contributed by atoms with Crippen LogP contribution in [0.4, 0.5) is 0 Å². The van der Waals surface area contributed by atoms with E-state index in [1.165, 1.54) is 10.4 Å². The zero-order valence-corrected chi connectivity index (χ0v) is 17.3. The lowest BCUT2D eigenvalue weighted by Gasteiger charge is -2.21. The molecule has 2 heterocycles. The fraction of sp³-hybridized carbons (Fsp3) is 0.500. The third kappa shape index (κ3) is 4.71. The fourth-order valence-corrected chi connectivity index (χ4v) is 4.17. The van der Waals surface area contributed by atoms with Crippen LogP contribution in [0, 0.1) is 0 Å². The first-order chi connectivity index (χ1) is 13.2. The van der Waals surface area contributed by atoms with Crippen molar-refractivity contribution in [2.24, 2.45) is 4.99 Å². The van der Waals surface area contributed by atoms with E-state index in [0.29, 0.717) is 12.5 Å². The number of nitrogens with one attached hydrogen (secondary N) is 1. The molecule has 1 aliphatic rings. The molecule has 1 aromatic heterocycles. The van der Waals surface area contributed by atoms with E-state index in [4.69, 9.17) is 9.47 Å². The molecule has 2 aromatic rings. The number of rotatable bonds is 6. The van der Waals surface area contributed by atoms with Crippen molar-refractivity contribution in [3.8, 4) is 11.5 Å². The molecule has 3 rings (SSSR count). The van der Waals surface area contributed by atoms with E-state index >= 15 is 0 Å². The number of aromatic nitrogens is 1. The first kappa shape index (κ1) is 19.5. The Bertz CT molecular complexity index is 768. The standard InChI is InChI=1S/C20H28N4O2S/c1-5-18-11-22-19(27-18)12-23-20(21-2)24-7-6-14(13-24)15-8-16(25-3)10-17(9-15)26-4/h8-11,14H,5-7,12-13H2,1-4H3,(H,21,23). The lowest BCUT2D eigenvalue weighted by molar-refractivity contribution is 0.392. The second-order valence-electron chi connectivity index (χ2n) is 6.55. The number of ether oxygens (including phenoxy) is 2. The summed E-state index contributed by atoms with van der Waals surface area (Å²) in [7, 11) is 5.21. The number of guanidine groups is 1. The minimum Gasteiger partial charge on any atom is -0.497 e. The lowest BCUT2D eigenvalue weighted by Crippen LogP contribution is -2.39. The lowest BCUT2D eigenvalue weighted by atomic mass is 9.98. The van der Waals surface area contributed by atoms with E-state index in [9.17, 15) is 0 Å². The summed E-state index contributed by atoms with van der Waals surface area (Å²) in [5.41, 5.74) is 1.25. The highest BCUT2D eigenvalue weighted by molar-refractivity contribution is 7.11. The monoisotopic (exact) mass is 388 g/mol. The number of nitrogens with zero attached hydrogens (tertiary/aromatic N) is 3. The molecule has 1 aromatic carbocycles. The molecule has 1 N–H and O–H groups in total. The first-order valence-corrected chi connectivity index (χ1v) is 10.1. The van der Waals surface area contributed by atoms with Gasteiger partial charge in [0.1, 0.15) is 16.5 Å². The van der Waals surface area contributed by atoms with Crippen LogP contribution in [-0.4, -0.2) is 50.2 Å². The number of hydrogen-bond acceptors (Lipinski definition) is 5. The van der Waals surface area contributed by atoms with Gasteiger partial charge in [-0.15, -0.1) is 11.3 Å². The van der Waals surface area contributed by atoms with Gasteiger partial charge in [0.2, 0.25) is 0 Å². The number of aliphatic imine (C=N–C) groups is 1. The molecule has 0 amide bonds. The summed E-state index contributed by atoms with van der Waals surface area (Å²) >= 11 is 1.76.